The first-order chi connectivity index (χ1) is 14.9. The molecule has 0 radical (unpaired) electrons. The van der Waals surface area contributed by atoms with Crippen LogP contribution in [0.25, 0.3) is 5.65 Å². The zero-order valence-corrected chi connectivity index (χ0v) is 18.2. The summed E-state index contributed by atoms with van der Waals surface area (Å²) in [6.07, 6.45) is -1.41. The van der Waals surface area contributed by atoms with E-state index in [2.05, 4.69) is 15.5 Å². The van der Waals surface area contributed by atoms with Crippen molar-refractivity contribution in [2.24, 2.45) is 0 Å². The lowest BCUT2D eigenvalue weighted by molar-refractivity contribution is -0.137. The number of rotatable bonds is 4. The highest BCUT2D eigenvalue weighted by molar-refractivity contribution is 7.92. The average molecular weight is 488 g/mol. The Morgan fingerprint density at radius 1 is 1.25 bits per heavy atom. The average Bonchev–Trinajstić information content (AvgIpc) is 3.13. The summed E-state index contributed by atoms with van der Waals surface area (Å²) in [6, 6.07) is 5.45. The number of carbonyl (C=O) groups excluding carboxylic acids is 1. The number of carbonyl (C=O) groups is 1. The summed E-state index contributed by atoms with van der Waals surface area (Å²) in [5.41, 5.74) is 0.630. The van der Waals surface area contributed by atoms with Crippen LogP contribution < -0.4 is 9.62 Å². The molecule has 3 heterocycles. The summed E-state index contributed by atoms with van der Waals surface area (Å²) < 4.78 is 65.6. The lowest BCUT2D eigenvalue weighted by Gasteiger charge is -2.29. The van der Waals surface area contributed by atoms with Crippen LogP contribution in [0.4, 0.5) is 18.9 Å². The monoisotopic (exact) mass is 487 g/mol. The molecule has 1 N–H and O–H groups in total. The van der Waals surface area contributed by atoms with Crippen molar-refractivity contribution in [1.29, 1.82) is 0 Å². The van der Waals surface area contributed by atoms with Crippen molar-refractivity contribution in [3.05, 3.63) is 58.0 Å². The van der Waals surface area contributed by atoms with Gasteiger partial charge in [-0.3, -0.25) is 13.5 Å². The highest BCUT2D eigenvalue weighted by atomic mass is 35.5. The van der Waals surface area contributed by atoms with E-state index in [0.717, 1.165) is 28.5 Å². The van der Waals surface area contributed by atoms with Crippen LogP contribution >= 0.6 is 11.6 Å². The molecule has 0 unspecified atom stereocenters. The maximum absolute atomic E-state index is 13.1. The fourth-order valence-corrected chi connectivity index (χ4v) is 4.83. The number of aryl methyl sites for hydroxylation is 1. The second-order valence-electron chi connectivity index (χ2n) is 7.35. The molecular weight excluding hydrogens is 471 g/mol. The molecular formula is C19H17ClF3N5O3S. The predicted molar refractivity (Wildman–Crippen MR) is 111 cm³/mol. The van der Waals surface area contributed by atoms with Crippen molar-refractivity contribution in [2.45, 2.75) is 25.6 Å². The number of halogens is 4. The molecule has 1 amide bonds. The Bertz CT molecular complexity index is 1320. The molecule has 3 aromatic rings. The second-order valence-corrected chi connectivity index (χ2v) is 9.66. The number of nitrogens with zero attached hydrogens (tertiary/aromatic N) is 4. The highest BCUT2D eigenvalue weighted by Gasteiger charge is 2.32. The van der Waals surface area contributed by atoms with Crippen molar-refractivity contribution in [2.75, 3.05) is 17.1 Å². The standard InChI is InChI=1S/C19H17ClF3N5O3S/c1-32(30,31)28-6-2-3-11-7-12(4-5-15(11)28)18(29)24-9-16-25-26-17-14(20)8-13(10-27(16)17)19(21,22)23/h4-5,7-8,10H,2-3,6,9H2,1H3,(H,24,29). The molecule has 0 bridgehead atoms. The SMILES string of the molecule is CS(=O)(=O)N1CCCc2cc(C(=O)NCc3nnc4c(Cl)cc(C(F)(F)F)cn34)ccc21. The van der Waals surface area contributed by atoms with E-state index in [1.807, 2.05) is 0 Å². The van der Waals surface area contributed by atoms with E-state index in [9.17, 15) is 26.4 Å². The molecule has 0 spiro atoms. The van der Waals surface area contributed by atoms with E-state index in [4.69, 9.17) is 11.6 Å². The number of aromatic nitrogens is 3. The van der Waals surface area contributed by atoms with Gasteiger partial charge in [0.05, 0.1) is 29.1 Å². The quantitative estimate of drug-likeness (QED) is 0.610. The third-order valence-electron chi connectivity index (χ3n) is 5.08. The number of hydrogen-bond donors (Lipinski definition) is 1. The van der Waals surface area contributed by atoms with Gasteiger partial charge in [-0.15, -0.1) is 10.2 Å². The molecule has 0 saturated carbocycles. The van der Waals surface area contributed by atoms with Crippen LogP contribution in [0.1, 0.15) is 33.7 Å². The van der Waals surface area contributed by atoms with Crippen molar-refractivity contribution in [3.63, 3.8) is 0 Å². The third-order valence-corrected chi connectivity index (χ3v) is 6.54. The Hall–Kier alpha value is -2.86. The van der Waals surface area contributed by atoms with Crippen molar-refractivity contribution >= 4 is 38.9 Å². The molecule has 1 aliphatic rings. The van der Waals surface area contributed by atoms with E-state index < -0.39 is 27.7 Å². The third kappa shape index (κ3) is 4.24. The van der Waals surface area contributed by atoms with E-state index in [0.29, 0.717) is 30.6 Å². The second kappa shape index (κ2) is 7.93. The molecule has 0 aliphatic carbocycles. The number of alkyl halides is 3. The van der Waals surface area contributed by atoms with Crippen LogP contribution in [0.5, 0.6) is 0 Å². The summed E-state index contributed by atoms with van der Waals surface area (Å²) in [6.45, 7) is 0.185. The van der Waals surface area contributed by atoms with Crippen LogP contribution in [0.3, 0.4) is 0 Å². The molecule has 1 aliphatic heterocycles. The Kier molecular flexibility index (Phi) is 5.53. The van der Waals surface area contributed by atoms with E-state index in [1.54, 1.807) is 12.1 Å². The number of fused-ring (bicyclic) bond motifs is 2. The first-order valence-electron chi connectivity index (χ1n) is 9.44. The summed E-state index contributed by atoms with van der Waals surface area (Å²) in [5, 5.41) is 9.99. The van der Waals surface area contributed by atoms with Gasteiger partial charge in [-0.25, -0.2) is 8.42 Å². The molecule has 13 heteroatoms. The Morgan fingerprint density at radius 3 is 2.69 bits per heavy atom. The van der Waals surface area contributed by atoms with E-state index in [-0.39, 0.29) is 23.0 Å². The minimum atomic E-state index is -4.61. The van der Waals surface area contributed by atoms with Gasteiger partial charge in [-0.2, -0.15) is 13.2 Å². The number of sulfonamides is 1. The van der Waals surface area contributed by atoms with Gasteiger partial charge < -0.3 is 5.32 Å². The molecule has 0 atom stereocenters. The van der Waals surface area contributed by atoms with Crippen LogP contribution in [0.15, 0.2) is 30.5 Å². The molecule has 0 saturated heterocycles. The molecule has 1 aromatic carbocycles. The Balaban J connectivity index is 1.56. The number of pyridine rings is 1. The maximum Gasteiger partial charge on any atom is 0.417 e. The summed E-state index contributed by atoms with van der Waals surface area (Å²) >= 11 is 5.89. The molecule has 4 rings (SSSR count). The highest BCUT2D eigenvalue weighted by Crippen LogP contribution is 2.32. The molecule has 170 valence electrons. The minimum absolute atomic E-state index is 0.0403. The van der Waals surface area contributed by atoms with Gasteiger partial charge in [-0.05, 0) is 42.7 Å². The van der Waals surface area contributed by atoms with Gasteiger partial charge in [0.25, 0.3) is 5.91 Å². The van der Waals surface area contributed by atoms with Gasteiger partial charge in [0.1, 0.15) is 0 Å². The fourth-order valence-electron chi connectivity index (χ4n) is 3.58. The number of amides is 1. The number of nitrogens with one attached hydrogen (secondary N) is 1. The first kappa shape index (κ1) is 22.3. The van der Waals surface area contributed by atoms with Gasteiger partial charge >= 0.3 is 6.18 Å². The van der Waals surface area contributed by atoms with Crippen LogP contribution in [0, 0.1) is 0 Å². The zero-order chi connectivity index (χ0) is 23.3. The van der Waals surface area contributed by atoms with Gasteiger partial charge in [0.2, 0.25) is 10.0 Å². The molecule has 0 fully saturated rings. The molecule has 8 nitrogen and oxygen atoms in total. The number of anilines is 1. The smallest absolute Gasteiger partial charge is 0.345 e. The first-order valence-corrected chi connectivity index (χ1v) is 11.7. The fraction of sp³-hybridized carbons (Fsp3) is 0.316. The normalized spacial score (nSPS) is 14.5. The molecule has 2 aromatic heterocycles. The van der Waals surface area contributed by atoms with Crippen molar-refractivity contribution < 1.29 is 26.4 Å². The van der Waals surface area contributed by atoms with Gasteiger partial charge in [-0.1, -0.05) is 11.6 Å². The maximum atomic E-state index is 13.1. The zero-order valence-electron chi connectivity index (χ0n) is 16.6. The summed E-state index contributed by atoms with van der Waals surface area (Å²) in [5.74, 6) is -0.415. The van der Waals surface area contributed by atoms with Crippen molar-refractivity contribution in [3.8, 4) is 0 Å². The number of benzene rings is 1. The summed E-state index contributed by atoms with van der Waals surface area (Å²) in [7, 11) is -3.43. The Morgan fingerprint density at radius 2 is 2.00 bits per heavy atom. The van der Waals surface area contributed by atoms with Crippen LogP contribution in [0.2, 0.25) is 5.02 Å². The van der Waals surface area contributed by atoms with E-state index in [1.165, 1.54) is 10.4 Å². The van der Waals surface area contributed by atoms with Crippen molar-refractivity contribution in [1.82, 2.24) is 19.9 Å². The lowest BCUT2D eigenvalue weighted by Crippen LogP contribution is -2.34. The van der Waals surface area contributed by atoms with E-state index >= 15 is 0 Å². The predicted octanol–water partition coefficient (Wildman–Crippen LogP) is 3.04. The molecule has 32 heavy (non-hydrogen) atoms. The van der Waals surface area contributed by atoms with Gasteiger partial charge in [0.15, 0.2) is 11.5 Å². The van der Waals surface area contributed by atoms with Crippen LogP contribution in [-0.4, -0.2) is 41.7 Å². The lowest BCUT2D eigenvalue weighted by atomic mass is 10.0. The van der Waals surface area contributed by atoms with Crippen LogP contribution in [-0.2, 0) is 29.2 Å². The van der Waals surface area contributed by atoms with Gasteiger partial charge in [0, 0.05) is 18.3 Å². The number of hydrogen-bond acceptors (Lipinski definition) is 5. The Labute approximate surface area is 186 Å². The minimum Gasteiger partial charge on any atom is -0.345 e. The topological polar surface area (TPSA) is 96.7 Å². The largest absolute Gasteiger partial charge is 0.417 e. The summed E-state index contributed by atoms with van der Waals surface area (Å²) in [4.78, 5) is 12.6.